The smallest absolute Gasteiger partial charge is 0.383 e. The third kappa shape index (κ3) is 4.67. The number of nitrogens with zero attached hydrogens (tertiary/aromatic N) is 1. The van der Waals surface area contributed by atoms with Gasteiger partial charge in [0, 0.05) is 13.2 Å². The molecule has 0 heterocycles. The molecular weight excluding hydrogens is 221 g/mol. The van der Waals surface area contributed by atoms with E-state index in [1.165, 1.54) is 12.0 Å². The average Bonchev–Trinajstić information content (AvgIpc) is 2.16. The Hall–Kier alpha value is -0.330. The molecule has 3 nitrogen and oxygen atoms in total. The maximum absolute atomic E-state index is 12.8. The van der Waals surface area contributed by atoms with Gasteiger partial charge in [0.1, 0.15) is 6.04 Å². The minimum absolute atomic E-state index is 0.0282. The van der Waals surface area contributed by atoms with Gasteiger partial charge < -0.3 is 10.5 Å². The number of alkyl halides is 3. The van der Waals surface area contributed by atoms with Gasteiger partial charge in [0.2, 0.25) is 0 Å². The van der Waals surface area contributed by atoms with Gasteiger partial charge in [-0.05, 0) is 26.4 Å². The van der Waals surface area contributed by atoms with Crippen LogP contribution in [0.5, 0.6) is 0 Å². The lowest BCUT2D eigenvalue weighted by Gasteiger charge is -2.36. The third-order valence-electron chi connectivity index (χ3n) is 2.56. The van der Waals surface area contributed by atoms with Crippen LogP contribution in [0.25, 0.3) is 0 Å². The highest BCUT2D eigenvalue weighted by molar-refractivity contribution is 4.82. The molecule has 0 aromatic rings. The minimum Gasteiger partial charge on any atom is -0.383 e. The maximum atomic E-state index is 12.8. The van der Waals surface area contributed by atoms with Crippen LogP contribution in [-0.2, 0) is 4.74 Å². The van der Waals surface area contributed by atoms with Gasteiger partial charge in [-0.2, -0.15) is 13.2 Å². The van der Waals surface area contributed by atoms with Crippen molar-refractivity contribution in [2.45, 2.75) is 38.5 Å². The van der Waals surface area contributed by atoms with Crippen molar-refractivity contribution in [3.63, 3.8) is 0 Å². The number of likely N-dealkylation sites (N-methyl/N-ethyl adjacent to an activating group) is 1. The van der Waals surface area contributed by atoms with Crippen molar-refractivity contribution in [2.24, 2.45) is 5.73 Å². The summed E-state index contributed by atoms with van der Waals surface area (Å²) in [5.41, 5.74) is 5.23. The Morgan fingerprint density at radius 2 is 1.94 bits per heavy atom. The fourth-order valence-electron chi connectivity index (χ4n) is 1.85. The van der Waals surface area contributed by atoms with E-state index in [0.29, 0.717) is 6.54 Å². The predicted octanol–water partition coefficient (Wildman–Crippen LogP) is 1.62. The number of rotatable bonds is 7. The number of nitrogens with two attached hydrogens (primary N) is 1. The normalized spacial score (nSPS) is 16.5. The van der Waals surface area contributed by atoms with Crippen LogP contribution in [0.15, 0.2) is 0 Å². The Balaban J connectivity index is 4.70. The molecule has 0 aliphatic carbocycles. The zero-order valence-electron chi connectivity index (χ0n) is 10.0. The monoisotopic (exact) mass is 242 g/mol. The lowest BCUT2D eigenvalue weighted by molar-refractivity contribution is -0.191. The molecule has 2 unspecified atom stereocenters. The van der Waals surface area contributed by atoms with E-state index >= 15 is 0 Å². The first-order valence-electron chi connectivity index (χ1n) is 5.39. The number of methoxy groups -OCH3 is 1. The Kier molecular flexibility index (Phi) is 6.94. The van der Waals surface area contributed by atoms with E-state index in [1.54, 1.807) is 13.8 Å². The SMILES string of the molecule is CCN(C(C)COC)C(CCN)C(F)(F)F. The standard InChI is InChI=1S/C10H21F3N2O/c1-4-15(8(2)7-16-3)9(5-6-14)10(11,12)13/h8-9H,4-7,14H2,1-3H3. The van der Waals surface area contributed by atoms with Gasteiger partial charge in [0.25, 0.3) is 0 Å². The fraction of sp³-hybridized carbons (Fsp3) is 1.00. The lowest BCUT2D eigenvalue weighted by atomic mass is 10.1. The highest BCUT2D eigenvalue weighted by Gasteiger charge is 2.43. The molecule has 6 heteroatoms. The maximum Gasteiger partial charge on any atom is 0.404 e. The molecule has 0 aliphatic rings. The van der Waals surface area contributed by atoms with Crippen molar-refractivity contribution in [3.05, 3.63) is 0 Å². The van der Waals surface area contributed by atoms with Crippen LogP contribution < -0.4 is 5.73 Å². The Morgan fingerprint density at radius 3 is 2.25 bits per heavy atom. The summed E-state index contributed by atoms with van der Waals surface area (Å²) in [6.07, 6.45) is -4.32. The van der Waals surface area contributed by atoms with Crippen molar-refractivity contribution in [3.8, 4) is 0 Å². The molecule has 2 N–H and O–H groups in total. The molecule has 0 fully saturated rings. The van der Waals surface area contributed by atoms with Gasteiger partial charge in [-0.1, -0.05) is 6.92 Å². The van der Waals surface area contributed by atoms with Gasteiger partial charge in [0.15, 0.2) is 0 Å². The van der Waals surface area contributed by atoms with E-state index in [0.717, 1.165) is 0 Å². The van der Waals surface area contributed by atoms with Crippen molar-refractivity contribution in [1.29, 1.82) is 0 Å². The van der Waals surface area contributed by atoms with E-state index in [9.17, 15) is 13.2 Å². The Labute approximate surface area is 94.7 Å². The van der Waals surface area contributed by atoms with Crippen molar-refractivity contribution >= 4 is 0 Å². The molecule has 0 saturated heterocycles. The third-order valence-corrected chi connectivity index (χ3v) is 2.56. The number of ether oxygens (including phenoxy) is 1. The van der Waals surface area contributed by atoms with E-state index in [1.807, 2.05) is 0 Å². The second-order valence-corrected chi connectivity index (χ2v) is 3.77. The average molecular weight is 242 g/mol. The summed E-state index contributed by atoms with van der Waals surface area (Å²) in [5.74, 6) is 0. The van der Waals surface area contributed by atoms with Gasteiger partial charge >= 0.3 is 6.18 Å². The molecule has 0 bridgehead atoms. The summed E-state index contributed by atoms with van der Waals surface area (Å²) in [7, 11) is 1.48. The van der Waals surface area contributed by atoms with Crippen molar-refractivity contribution in [2.75, 3.05) is 26.8 Å². The van der Waals surface area contributed by atoms with Crippen LogP contribution in [0.3, 0.4) is 0 Å². The van der Waals surface area contributed by atoms with Crippen LogP contribution in [0.1, 0.15) is 20.3 Å². The molecule has 0 aliphatic heterocycles. The second-order valence-electron chi connectivity index (χ2n) is 3.77. The van der Waals surface area contributed by atoms with Gasteiger partial charge in [-0.3, -0.25) is 4.90 Å². The van der Waals surface area contributed by atoms with Crippen LogP contribution >= 0.6 is 0 Å². The van der Waals surface area contributed by atoms with E-state index in [4.69, 9.17) is 10.5 Å². The number of halogens is 3. The quantitative estimate of drug-likeness (QED) is 0.737. The van der Waals surface area contributed by atoms with E-state index < -0.39 is 12.2 Å². The van der Waals surface area contributed by atoms with Gasteiger partial charge in [0.05, 0.1) is 6.61 Å². The first-order valence-corrected chi connectivity index (χ1v) is 5.39. The summed E-state index contributed by atoms with van der Waals surface area (Å²) in [4.78, 5) is 1.39. The van der Waals surface area contributed by atoms with E-state index in [2.05, 4.69) is 0 Å². The molecule has 0 saturated carbocycles. The Morgan fingerprint density at radius 1 is 1.38 bits per heavy atom. The summed E-state index contributed by atoms with van der Waals surface area (Å²) in [6.45, 7) is 4.07. The zero-order chi connectivity index (χ0) is 12.8. The summed E-state index contributed by atoms with van der Waals surface area (Å²) in [5, 5.41) is 0. The molecule has 2 atom stereocenters. The second kappa shape index (κ2) is 7.09. The molecule has 0 aromatic heterocycles. The Bertz CT molecular complexity index is 187. The number of hydrogen-bond donors (Lipinski definition) is 1. The first kappa shape index (κ1) is 15.7. The minimum atomic E-state index is -4.24. The molecule has 16 heavy (non-hydrogen) atoms. The van der Waals surface area contributed by atoms with Crippen LogP contribution in [-0.4, -0.2) is 50.0 Å². The van der Waals surface area contributed by atoms with Gasteiger partial charge in [-0.15, -0.1) is 0 Å². The van der Waals surface area contributed by atoms with E-state index in [-0.39, 0.29) is 25.6 Å². The highest BCUT2D eigenvalue weighted by atomic mass is 19.4. The van der Waals surface area contributed by atoms with Crippen molar-refractivity contribution in [1.82, 2.24) is 4.90 Å². The van der Waals surface area contributed by atoms with Gasteiger partial charge in [-0.25, -0.2) is 0 Å². The van der Waals surface area contributed by atoms with Crippen LogP contribution in [0.2, 0.25) is 0 Å². The molecule has 0 spiro atoms. The molecule has 0 rings (SSSR count). The molecular formula is C10H21F3N2O. The van der Waals surface area contributed by atoms with Crippen molar-refractivity contribution < 1.29 is 17.9 Å². The first-order chi connectivity index (χ1) is 7.38. The number of hydrogen-bond acceptors (Lipinski definition) is 3. The highest BCUT2D eigenvalue weighted by Crippen LogP contribution is 2.28. The molecule has 98 valence electrons. The summed E-state index contributed by atoms with van der Waals surface area (Å²) < 4.78 is 43.3. The van der Waals surface area contributed by atoms with Crippen LogP contribution in [0.4, 0.5) is 13.2 Å². The summed E-state index contributed by atoms with van der Waals surface area (Å²) >= 11 is 0. The molecule has 0 aromatic carbocycles. The summed E-state index contributed by atoms with van der Waals surface area (Å²) in [6, 6.07) is -1.75. The topological polar surface area (TPSA) is 38.5 Å². The predicted molar refractivity (Wildman–Crippen MR) is 57.2 cm³/mol. The largest absolute Gasteiger partial charge is 0.404 e. The lowest BCUT2D eigenvalue weighted by Crippen LogP contribution is -2.51. The molecule has 0 amide bonds. The zero-order valence-corrected chi connectivity index (χ0v) is 10.0. The molecule has 0 radical (unpaired) electrons. The van der Waals surface area contributed by atoms with Crippen LogP contribution in [0, 0.1) is 0 Å². The fourth-order valence-corrected chi connectivity index (χ4v) is 1.85.